The maximum Gasteiger partial charge on any atom is 0.242 e. The quantitative estimate of drug-likeness (QED) is 0.630. The van der Waals surface area contributed by atoms with Gasteiger partial charge in [0.1, 0.15) is 6.04 Å². The van der Waals surface area contributed by atoms with Crippen LogP contribution in [0.1, 0.15) is 25.0 Å². The van der Waals surface area contributed by atoms with Crippen LogP contribution in [0.2, 0.25) is 5.02 Å². The lowest BCUT2D eigenvalue weighted by Crippen LogP contribution is -2.49. The molecule has 6 heteroatoms. The van der Waals surface area contributed by atoms with Crippen LogP contribution in [-0.2, 0) is 21.8 Å². The SMILES string of the molecule is CCNC(=O)[C@@H](C)N(CCc1ccccc1)C(=O)CSCc1ccc(Cl)cc1. The molecule has 0 heterocycles. The van der Waals surface area contributed by atoms with E-state index in [0.29, 0.717) is 23.9 Å². The van der Waals surface area contributed by atoms with E-state index in [0.717, 1.165) is 23.3 Å². The highest BCUT2D eigenvalue weighted by atomic mass is 35.5. The zero-order chi connectivity index (χ0) is 20.4. The first-order valence-corrected chi connectivity index (χ1v) is 11.0. The van der Waals surface area contributed by atoms with Crippen LogP contribution in [0.5, 0.6) is 0 Å². The van der Waals surface area contributed by atoms with Gasteiger partial charge in [-0.15, -0.1) is 11.8 Å². The zero-order valence-electron chi connectivity index (χ0n) is 16.4. The predicted octanol–water partition coefficient (Wildman–Crippen LogP) is 4.17. The van der Waals surface area contributed by atoms with Crippen LogP contribution in [0.4, 0.5) is 0 Å². The summed E-state index contributed by atoms with van der Waals surface area (Å²) in [5, 5.41) is 3.52. The minimum Gasteiger partial charge on any atom is -0.355 e. The fourth-order valence-corrected chi connectivity index (χ4v) is 3.81. The van der Waals surface area contributed by atoms with Crippen molar-refractivity contribution in [3.63, 3.8) is 0 Å². The molecule has 0 saturated carbocycles. The molecule has 2 amide bonds. The summed E-state index contributed by atoms with van der Waals surface area (Å²) >= 11 is 7.45. The fourth-order valence-electron chi connectivity index (χ4n) is 2.81. The summed E-state index contributed by atoms with van der Waals surface area (Å²) in [6.07, 6.45) is 0.720. The molecule has 1 atom stereocenters. The molecule has 0 spiro atoms. The average Bonchev–Trinajstić information content (AvgIpc) is 2.70. The van der Waals surface area contributed by atoms with Gasteiger partial charge in [-0.25, -0.2) is 0 Å². The Hall–Kier alpha value is -1.98. The topological polar surface area (TPSA) is 49.4 Å². The molecule has 0 fully saturated rings. The summed E-state index contributed by atoms with van der Waals surface area (Å²) in [6, 6.07) is 17.1. The van der Waals surface area contributed by atoms with Crippen LogP contribution in [0.25, 0.3) is 0 Å². The first-order valence-electron chi connectivity index (χ1n) is 9.44. The lowest BCUT2D eigenvalue weighted by molar-refractivity contribution is -0.137. The van der Waals surface area contributed by atoms with Crippen LogP contribution in [0.15, 0.2) is 54.6 Å². The molecule has 2 aromatic carbocycles. The van der Waals surface area contributed by atoms with E-state index in [9.17, 15) is 9.59 Å². The maximum absolute atomic E-state index is 12.9. The third-order valence-corrected chi connectivity index (χ3v) is 5.65. The van der Waals surface area contributed by atoms with Gasteiger partial charge in [0, 0.05) is 23.9 Å². The minimum atomic E-state index is -0.493. The Balaban J connectivity index is 1.96. The average molecular weight is 419 g/mol. The van der Waals surface area contributed by atoms with Crippen LogP contribution in [0, 0.1) is 0 Å². The number of hydrogen-bond donors (Lipinski definition) is 1. The van der Waals surface area contributed by atoms with Crippen molar-refractivity contribution >= 4 is 35.2 Å². The van der Waals surface area contributed by atoms with Gasteiger partial charge in [0.2, 0.25) is 11.8 Å². The van der Waals surface area contributed by atoms with Crippen LogP contribution in [-0.4, -0.2) is 41.6 Å². The van der Waals surface area contributed by atoms with Gasteiger partial charge in [0.05, 0.1) is 5.75 Å². The van der Waals surface area contributed by atoms with Gasteiger partial charge in [-0.1, -0.05) is 54.1 Å². The van der Waals surface area contributed by atoms with Crippen molar-refractivity contribution in [1.82, 2.24) is 10.2 Å². The molecule has 0 saturated heterocycles. The second-order valence-corrected chi connectivity index (χ2v) is 7.93. The van der Waals surface area contributed by atoms with Gasteiger partial charge in [0.15, 0.2) is 0 Å². The number of thioether (sulfide) groups is 1. The van der Waals surface area contributed by atoms with Crippen molar-refractivity contribution in [2.45, 2.75) is 32.1 Å². The smallest absolute Gasteiger partial charge is 0.242 e. The van der Waals surface area contributed by atoms with Crippen LogP contribution >= 0.6 is 23.4 Å². The van der Waals surface area contributed by atoms with Crippen molar-refractivity contribution in [1.29, 1.82) is 0 Å². The second-order valence-electron chi connectivity index (χ2n) is 6.51. The molecular weight excluding hydrogens is 392 g/mol. The standard InChI is InChI=1S/C22H27ClN2O2S/c1-3-24-22(27)17(2)25(14-13-18-7-5-4-6-8-18)21(26)16-28-15-19-9-11-20(23)12-10-19/h4-12,17H,3,13-16H2,1-2H3,(H,24,27)/t17-/m1/s1. The third-order valence-electron chi connectivity index (χ3n) is 4.41. The van der Waals surface area contributed by atoms with Crippen molar-refractivity contribution in [3.8, 4) is 0 Å². The maximum atomic E-state index is 12.9. The van der Waals surface area contributed by atoms with Gasteiger partial charge in [-0.3, -0.25) is 9.59 Å². The molecule has 28 heavy (non-hydrogen) atoms. The molecule has 0 bridgehead atoms. The predicted molar refractivity (Wildman–Crippen MR) is 118 cm³/mol. The van der Waals surface area contributed by atoms with E-state index >= 15 is 0 Å². The molecule has 0 aromatic heterocycles. The Morgan fingerprint density at radius 2 is 1.75 bits per heavy atom. The summed E-state index contributed by atoms with van der Waals surface area (Å²) in [7, 11) is 0. The Morgan fingerprint density at radius 3 is 2.39 bits per heavy atom. The molecule has 1 N–H and O–H groups in total. The first kappa shape index (κ1) is 22.3. The minimum absolute atomic E-state index is 0.0198. The van der Waals surface area contributed by atoms with Gasteiger partial charge >= 0.3 is 0 Å². The number of benzene rings is 2. The Kier molecular flexibility index (Phi) is 9.38. The van der Waals surface area contributed by atoms with Gasteiger partial charge in [-0.05, 0) is 43.5 Å². The number of hydrogen-bond acceptors (Lipinski definition) is 3. The Bertz CT molecular complexity index is 753. The van der Waals surface area contributed by atoms with Gasteiger partial charge in [0.25, 0.3) is 0 Å². The van der Waals surface area contributed by atoms with E-state index < -0.39 is 6.04 Å². The third kappa shape index (κ3) is 7.21. The first-order chi connectivity index (χ1) is 13.5. The lowest BCUT2D eigenvalue weighted by Gasteiger charge is -2.28. The summed E-state index contributed by atoms with van der Waals surface area (Å²) < 4.78 is 0. The molecule has 0 radical (unpaired) electrons. The molecule has 2 aromatic rings. The number of likely N-dealkylation sites (N-methyl/N-ethyl adjacent to an activating group) is 1. The highest BCUT2D eigenvalue weighted by molar-refractivity contribution is 7.99. The zero-order valence-corrected chi connectivity index (χ0v) is 17.9. The molecule has 4 nitrogen and oxygen atoms in total. The number of nitrogens with one attached hydrogen (secondary N) is 1. The Morgan fingerprint density at radius 1 is 1.07 bits per heavy atom. The summed E-state index contributed by atoms with van der Waals surface area (Å²) in [5.74, 6) is 0.923. The molecule has 150 valence electrons. The molecule has 0 aliphatic heterocycles. The summed E-state index contributed by atoms with van der Waals surface area (Å²) in [6.45, 7) is 4.73. The summed E-state index contributed by atoms with van der Waals surface area (Å²) in [5.41, 5.74) is 2.27. The fraction of sp³-hybridized carbons (Fsp3) is 0.364. The molecule has 0 aliphatic rings. The van der Waals surface area contributed by atoms with E-state index in [2.05, 4.69) is 5.32 Å². The second kappa shape index (κ2) is 11.8. The molecular formula is C22H27ClN2O2S. The largest absolute Gasteiger partial charge is 0.355 e. The number of halogens is 1. The molecule has 0 aliphatic carbocycles. The summed E-state index contributed by atoms with van der Waals surface area (Å²) in [4.78, 5) is 26.9. The highest BCUT2D eigenvalue weighted by Crippen LogP contribution is 2.17. The Labute approximate surface area is 176 Å². The highest BCUT2D eigenvalue weighted by Gasteiger charge is 2.25. The van der Waals surface area contributed by atoms with E-state index in [4.69, 9.17) is 11.6 Å². The van der Waals surface area contributed by atoms with E-state index in [1.807, 2.05) is 61.5 Å². The van der Waals surface area contributed by atoms with Crippen molar-refractivity contribution in [2.75, 3.05) is 18.8 Å². The van der Waals surface area contributed by atoms with Crippen molar-refractivity contribution in [2.24, 2.45) is 0 Å². The van der Waals surface area contributed by atoms with Crippen molar-refractivity contribution in [3.05, 3.63) is 70.7 Å². The monoisotopic (exact) mass is 418 g/mol. The number of carbonyl (C=O) groups is 2. The number of nitrogens with zero attached hydrogens (tertiary/aromatic N) is 1. The van der Waals surface area contributed by atoms with E-state index in [1.54, 1.807) is 23.6 Å². The lowest BCUT2D eigenvalue weighted by atomic mass is 10.1. The number of amides is 2. The molecule has 2 rings (SSSR count). The molecule has 0 unspecified atom stereocenters. The van der Waals surface area contributed by atoms with Gasteiger partial charge in [-0.2, -0.15) is 0 Å². The van der Waals surface area contributed by atoms with Crippen molar-refractivity contribution < 1.29 is 9.59 Å². The van der Waals surface area contributed by atoms with Crippen LogP contribution < -0.4 is 5.32 Å². The van der Waals surface area contributed by atoms with Gasteiger partial charge < -0.3 is 10.2 Å². The number of rotatable bonds is 10. The van der Waals surface area contributed by atoms with E-state index in [1.165, 1.54) is 0 Å². The van der Waals surface area contributed by atoms with E-state index in [-0.39, 0.29) is 11.8 Å². The normalized spacial score (nSPS) is 11.7. The number of carbonyl (C=O) groups excluding carboxylic acids is 2. The van der Waals surface area contributed by atoms with Crippen LogP contribution in [0.3, 0.4) is 0 Å².